The normalized spacial score (nSPS) is 15.3. The maximum absolute atomic E-state index is 5.82. The maximum Gasteiger partial charge on any atom is 0.193 e. The van der Waals surface area contributed by atoms with E-state index in [4.69, 9.17) is 10.5 Å². The number of aliphatic imine (C=N–C) groups is 1. The van der Waals surface area contributed by atoms with Gasteiger partial charge in [-0.15, -0.1) is 24.0 Å². The maximum atomic E-state index is 5.82. The lowest BCUT2D eigenvalue weighted by Crippen LogP contribution is -2.39. The van der Waals surface area contributed by atoms with E-state index >= 15 is 0 Å². The predicted octanol–water partition coefficient (Wildman–Crippen LogP) is 1.75. The number of nitrogens with one attached hydrogen (secondary N) is 1. The van der Waals surface area contributed by atoms with Crippen LogP contribution in [0.25, 0.3) is 0 Å². The van der Waals surface area contributed by atoms with Gasteiger partial charge in [0.05, 0.1) is 13.7 Å². The Kier molecular flexibility index (Phi) is 6.93. The summed E-state index contributed by atoms with van der Waals surface area (Å²) < 4.78 is 5.14. The molecule has 1 saturated heterocycles. The highest BCUT2D eigenvalue weighted by Gasteiger charge is 2.11. The van der Waals surface area contributed by atoms with Crippen LogP contribution in [0.2, 0.25) is 0 Å². The molecule has 0 saturated carbocycles. The highest BCUT2D eigenvalue weighted by molar-refractivity contribution is 14.0. The van der Waals surface area contributed by atoms with Crippen LogP contribution in [-0.2, 0) is 0 Å². The third-order valence-corrected chi connectivity index (χ3v) is 2.99. The molecule has 6 heteroatoms. The van der Waals surface area contributed by atoms with Gasteiger partial charge in [-0.1, -0.05) is 6.07 Å². The van der Waals surface area contributed by atoms with Gasteiger partial charge in [-0.25, -0.2) is 0 Å². The second kappa shape index (κ2) is 8.21. The number of nitrogens with two attached hydrogens (primary N) is 1. The molecular weight excluding hydrogens is 355 g/mol. The monoisotopic (exact) mass is 376 g/mol. The SMILES string of the molecule is COc1cccc(NC(N)=NCCN2CCC2)c1.I. The fourth-order valence-electron chi connectivity index (χ4n) is 1.81. The number of likely N-dealkylation sites (tertiary alicyclic amines) is 1. The summed E-state index contributed by atoms with van der Waals surface area (Å²) >= 11 is 0. The Balaban J connectivity index is 0.00000180. The van der Waals surface area contributed by atoms with E-state index in [1.165, 1.54) is 19.5 Å². The number of nitrogens with zero attached hydrogens (tertiary/aromatic N) is 2. The van der Waals surface area contributed by atoms with Gasteiger partial charge in [0.2, 0.25) is 0 Å². The number of hydrogen-bond donors (Lipinski definition) is 2. The van der Waals surface area contributed by atoms with Crippen LogP contribution in [-0.4, -0.2) is 44.1 Å². The summed E-state index contributed by atoms with van der Waals surface area (Å²) in [6, 6.07) is 7.62. The summed E-state index contributed by atoms with van der Waals surface area (Å²) in [6.45, 7) is 4.11. The van der Waals surface area contributed by atoms with Crippen molar-refractivity contribution in [1.82, 2.24) is 4.90 Å². The highest BCUT2D eigenvalue weighted by atomic mass is 127. The number of rotatable bonds is 5. The summed E-state index contributed by atoms with van der Waals surface area (Å²) in [4.78, 5) is 6.66. The molecule has 0 amide bonds. The molecule has 19 heavy (non-hydrogen) atoms. The largest absolute Gasteiger partial charge is 0.497 e. The molecular formula is C13H21IN4O. The van der Waals surface area contributed by atoms with Crippen LogP contribution in [0.15, 0.2) is 29.3 Å². The van der Waals surface area contributed by atoms with Gasteiger partial charge >= 0.3 is 0 Å². The van der Waals surface area contributed by atoms with E-state index in [1.54, 1.807) is 7.11 Å². The average molecular weight is 376 g/mol. The number of hydrogen-bond acceptors (Lipinski definition) is 3. The van der Waals surface area contributed by atoms with Gasteiger partial charge in [0.25, 0.3) is 0 Å². The van der Waals surface area contributed by atoms with Crippen molar-refractivity contribution in [2.45, 2.75) is 6.42 Å². The van der Waals surface area contributed by atoms with Gasteiger partial charge in [0, 0.05) is 18.3 Å². The molecule has 0 aliphatic carbocycles. The molecule has 1 aromatic rings. The van der Waals surface area contributed by atoms with E-state index in [0.29, 0.717) is 5.96 Å². The number of guanidine groups is 1. The Morgan fingerprint density at radius 3 is 2.89 bits per heavy atom. The zero-order valence-electron chi connectivity index (χ0n) is 11.1. The summed E-state index contributed by atoms with van der Waals surface area (Å²) in [5.74, 6) is 1.25. The number of methoxy groups -OCH3 is 1. The molecule has 0 spiro atoms. The number of ether oxygens (including phenoxy) is 1. The zero-order valence-corrected chi connectivity index (χ0v) is 13.5. The zero-order chi connectivity index (χ0) is 12.8. The second-order valence-electron chi connectivity index (χ2n) is 4.32. The standard InChI is InChI=1S/C13H20N4O.HI/c1-18-12-5-2-4-11(10-12)16-13(14)15-6-9-17-7-3-8-17;/h2,4-5,10H,3,6-9H2,1H3,(H3,14,15,16);1H. The molecule has 0 aromatic heterocycles. The van der Waals surface area contributed by atoms with Crippen LogP contribution < -0.4 is 15.8 Å². The first-order chi connectivity index (χ1) is 8.78. The molecule has 1 fully saturated rings. The molecule has 0 unspecified atom stereocenters. The second-order valence-corrected chi connectivity index (χ2v) is 4.32. The van der Waals surface area contributed by atoms with Crippen molar-refractivity contribution in [2.75, 3.05) is 38.6 Å². The first-order valence-corrected chi connectivity index (χ1v) is 6.21. The van der Waals surface area contributed by atoms with E-state index < -0.39 is 0 Å². The van der Waals surface area contributed by atoms with Crippen molar-refractivity contribution < 1.29 is 4.74 Å². The topological polar surface area (TPSA) is 62.9 Å². The summed E-state index contributed by atoms with van der Waals surface area (Å²) in [7, 11) is 1.64. The summed E-state index contributed by atoms with van der Waals surface area (Å²) in [6.07, 6.45) is 1.31. The smallest absolute Gasteiger partial charge is 0.193 e. The Morgan fingerprint density at radius 1 is 1.47 bits per heavy atom. The van der Waals surface area contributed by atoms with E-state index in [1.807, 2.05) is 24.3 Å². The third kappa shape index (κ3) is 5.23. The van der Waals surface area contributed by atoms with Gasteiger partial charge in [0.1, 0.15) is 5.75 Å². The quantitative estimate of drug-likeness (QED) is 0.467. The Labute approximate surface area is 131 Å². The van der Waals surface area contributed by atoms with Crippen LogP contribution in [0.4, 0.5) is 5.69 Å². The first-order valence-electron chi connectivity index (χ1n) is 6.21. The number of benzene rings is 1. The summed E-state index contributed by atoms with van der Waals surface area (Å²) in [5.41, 5.74) is 6.71. The molecule has 1 aliphatic heterocycles. The van der Waals surface area contributed by atoms with E-state index in [-0.39, 0.29) is 24.0 Å². The van der Waals surface area contributed by atoms with Crippen molar-refractivity contribution in [3.63, 3.8) is 0 Å². The Morgan fingerprint density at radius 2 is 2.26 bits per heavy atom. The first kappa shape index (κ1) is 16.0. The molecule has 1 aliphatic rings. The fraction of sp³-hybridized carbons (Fsp3) is 0.462. The van der Waals surface area contributed by atoms with Crippen LogP contribution in [0.3, 0.4) is 0 Å². The lowest BCUT2D eigenvalue weighted by Gasteiger charge is -2.29. The predicted molar refractivity (Wildman–Crippen MR) is 89.6 cm³/mol. The van der Waals surface area contributed by atoms with Crippen LogP contribution in [0.1, 0.15) is 6.42 Å². The van der Waals surface area contributed by atoms with E-state index in [9.17, 15) is 0 Å². The number of halogens is 1. The van der Waals surface area contributed by atoms with Crippen LogP contribution in [0, 0.1) is 0 Å². The highest BCUT2D eigenvalue weighted by Crippen LogP contribution is 2.16. The summed E-state index contributed by atoms with van der Waals surface area (Å²) in [5, 5.41) is 3.06. The van der Waals surface area contributed by atoms with Crippen LogP contribution >= 0.6 is 24.0 Å². The van der Waals surface area contributed by atoms with Gasteiger partial charge in [-0.3, -0.25) is 4.99 Å². The van der Waals surface area contributed by atoms with Crippen molar-refractivity contribution in [3.05, 3.63) is 24.3 Å². The minimum atomic E-state index is 0. The number of anilines is 1. The molecule has 5 nitrogen and oxygen atoms in total. The van der Waals surface area contributed by atoms with Gasteiger partial charge < -0.3 is 20.7 Å². The molecule has 0 atom stereocenters. The van der Waals surface area contributed by atoms with Gasteiger partial charge in [-0.05, 0) is 31.6 Å². The van der Waals surface area contributed by atoms with Gasteiger partial charge in [-0.2, -0.15) is 0 Å². The van der Waals surface area contributed by atoms with E-state index in [0.717, 1.165) is 24.5 Å². The Bertz CT molecular complexity index is 421. The molecule has 2 rings (SSSR count). The van der Waals surface area contributed by atoms with Crippen molar-refractivity contribution in [2.24, 2.45) is 10.7 Å². The average Bonchev–Trinajstić information content (AvgIpc) is 2.32. The third-order valence-electron chi connectivity index (χ3n) is 2.99. The van der Waals surface area contributed by atoms with E-state index in [2.05, 4.69) is 15.2 Å². The van der Waals surface area contributed by atoms with Crippen molar-refractivity contribution in [3.8, 4) is 5.75 Å². The van der Waals surface area contributed by atoms with Gasteiger partial charge in [0.15, 0.2) is 5.96 Å². The fourth-order valence-corrected chi connectivity index (χ4v) is 1.81. The molecule has 1 aromatic carbocycles. The van der Waals surface area contributed by atoms with Crippen LogP contribution in [0.5, 0.6) is 5.75 Å². The lowest BCUT2D eigenvalue weighted by molar-refractivity contribution is 0.187. The Hall–Kier alpha value is -1.02. The minimum absolute atomic E-state index is 0. The molecule has 0 radical (unpaired) electrons. The van der Waals surface area contributed by atoms with Crippen molar-refractivity contribution >= 4 is 35.6 Å². The lowest BCUT2D eigenvalue weighted by atomic mass is 10.2. The minimum Gasteiger partial charge on any atom is -0.497 e. The van der Waals surface area contributed by atoms with Crippen molar-refractivity contribution in [1.29, 1.82) is 0 Å². The molecule has 3 N–H and O–H groups in total. The molecule has 106 valence electrons. The molecule has 0 bridgehead atoms. The molecule has 1 heterocycles.